The Morgan fingerprint density at radius 1 is 0.948 bits per heavy atom. The van der Waals surface area contributed by atoms with Crippen molar-refractivity contribution in [2.45, 2.75) is 64.3 Å². The highest BCUT2D eigenvalue weighted by atomic mass is 32.1. The van der Waals surface area contributed by atoms with Gasteiger partial charge in [-0.15, -0.1) is 11.3 Å². The number of aliphatic carboxylic acids is 1. The van der Waals surface area contributed by atoms with Crippen molar-refractivity contribution in [1.82, 2.24) is 14.9 Å². The van der Waals surface area contributed by atoms with Crippen molar-refractivity contribution >= 4 is 61.0 Å². The number of likely N-dealkylation sites (tertiary alicyclic amines) is 1. The maximum atomic E-state index is 13.5. The van der Waals surface area contributed by atoms with E-state index in [0.717, 1.165) is 107 Å². The summed E-state index contributed by atoms with van der Waals surface area (Å²) in [5.41, 5.74) is 5.12. The standard InChI is InChI=1S/C45H47N5O6S2/c1-55-42(54)39-38(12-6-28-56-33-15-13-30(14-16-33)7-5-24-49-26-22-45(23-27-49)20-17-32(18-21-45)41(52)53)58-44(47-39)50-25-19-31-8-4-9-34(35(31)29-50)40(51)48-43-46-36-10-2-3-11-37(36)57-43/h2-4,8-11,13-16,32H,6,12,17-29H2,1H3,(H,52,53)(H,46,48,51). The minimum atomic E-state index is -0.637. The molecule has 2 fully saturated rings. The van der Waals surface area contributed by atoms with E-state index in [1.165, 1.54) is 29.8 Å². The highest BCUT2D eigenvalue weighted by Crippen LogP contribution is 2.46. The Morgan fingerprint density at radius 3 is 2.50 bits per heavy atom. The molecule has 0 unspecified atom stereocenters. The summed E-state index contributed by atoms with van der Waals surface area (Å²) in [7, 11) is 1.37. The van der Waals surface area contributed by atoms with Crippen LogP contribution in [-0.4, -0.2) is 77.7 Å². The van der Waals surface area contributed by atoms with Gasteiger partial charge >= 0.3 is 11.9 Å². The lowest BCUT2D eigenvalue weighted by atomic mass is 9.65. The van der Waals surface area contributed by atoms with Gasteiger partial charge in [-0.25, -0.2) is 14.8 Å². The number of nitrogens with one attached hydrogen (secondary N) is 1. The number of ether oxygens (including phenoxy) is 2. The molecule has 1 spiro atoms. The van der Waals surface area contributed by atoms with Crippen molar-refractivity contribution in [1.29, 1.82) is 0 Å². The van der Waals surface area contributed by atoms with Crippen LogP contribution in [0.5, 0.6) is 5.75 Å². The first-order valence-electron chi connectivity index (χ1n) is 20.0. The molecule has 8 rings (SSSR count). The smallest absolute Gasteiger partial charge is 0.357 e. The Hall–Kier alpha value is -5.29. The molecule has 0 radical (unpaired) electrons. The van der Waals surface area contributed by atoms with E-state index in [0.29, 0.717) is 54.3 Å². The van der Waals surface area contributed by atoms with E-state index in [1.54, 1.807) is 0 Å². The summed E-state index contributed by atoms with van der Waals surface area (Å²) in [6.45, 7) is 4.44. The van der Waals surface area contributed by atoms with Gasteiger partial charge in [-0.2, -0.15) is 0 Å². The SMILES string of the molecule is COC(=O)c1nc(N2CCc3cccc(C(=O)Nc4nc5ccccc5s4)c3C2)sc1CCCOc1ccc(C#CCN2CCC3(CCC(C(=O)O)CC3)CC2)cc1. The van der Waals surface area contributed by atoms with Crippen LogP contribution in [0.25, 0.3) is 10.2 Å². The van der Waals surface area contributed by atoms with E-state index in [-0.39, 0.29) is 11.8 Å². The maximum Gasteiger partial charge on any atom is 0.357 e. The molecule has 2 aliphatic heterocycles. The second kappa shape index (κ2) is 17.7. The number of amides is 1. The van der Waals surface area contributed by atoms with Crippen molar-refractivity contribution in [3.05, 3.63) is 99.6 Å². The summed E-state index contributed by atoms with van der Waals surface area (Å²) in [5.74, 6) is 5.93. The number of carbonyl (C=O) groups excluding carboxylic acids is 2. The molecule has 0 atom stereocenters. The number of hydrogen-bond donors (Lipinski definition) is 2. The van der Waals surface area contributed by atoms with Crippen LogP contribution < -0.4 is 15.0 Å². The molecular weight excluding hydrogens is 771 g/mol. The molecule has 4 heterocycles. The molecule has 5 aromatic rings. The third-order valence-corrected chi connectivity index (χ3v) is 14.0. The minimum absolute atomic E-state index is 0.160. The Kier molecular flexibility index (Phi) is 12.1. The molecule has 2 N–H and O–H groups in total. The average molecular weight is 818 g/mol. The number of para-hydroxylation sites is 1. The minimum Gasteiger partial charge on any atom is -0.494 e. The van der Waals surface area contributed by atoms with Gasteiger partial charge in [0.05, 0.1) is 36.4 Å². The van der Waals surface area contributed by atoms with E-state index >= 15 is 0 Å². The molecule has 1 aliphatic carbocycles. The zero-order chi connectivity index (χ0) is 40.1. The molecular formula is C45H47N5O6S2. The highest BCUT2D eigenvalue weighted by Gasteiger charge is 2.39. The third kappa shape index (κ3) is 9.04. The van der Waals surface area contributed by atoms with Gasteiger partial charge in [-0.1, -0.05) is 47.4 Å². The number of esters is 1. The summed E-state index contributed by atoms with van der Waals surface area (Å²) in [5, 5.41) is 13.6. The van der Waals surface area contributed by atoms with E-state index in [1.807, 2.05) is 60.7 Å². The Bertz CT molecular complexity index is 2310. The van der Waals surface area contributed by atoms with Crippen LogP contribution in [0.1, 0.15) is 87.4 Å². The number of methoxy groups -OCH3 is 1. The number of aromatic nitrogens is 2. The zero-order valence-corrected chi connectivity index (χ0v) is 34.3. The molecule has 1 saturated heterocycles. The van der Waals surface area contributed by atoms with E-state index in [2.05, 4.69) is 38.0 Å². The topological polar surface area (TPSA) is 134 Å². The Labute approximate surface area is 346 Å². The number of fused-ring (bicyclic) bond motifs is 2. The summed E-state index contributed by atoms with van der Waals surface area (Å²) < 4.78 is 12.2. The van der Waals surface area contributed by atoms with Crippen LogP contribution in [0, 0.1) is 23.2 Å². The van der Waals surface area contributed by atoms with Crippen LogP contribution in [0.3, 0.4) is 0 Å². The number of rotatable bonds is 11. The first kappa shape index (κ1) is 39.5. The molecule has 3 aromatic carbocycles. The molecule has 58 heavy (non-hydrogen) atoms. The van der Waals surface area contributed by atoms with Gasteiger partial charge in [0.2, 0.25) is 0 Å². The Balaban J connectivity index is 0.825. The third-order valence-electron chi connectivity index (χ3n) is 11.9. The van der Waals surface area contributed by atoms with Crippen molar-refractivity contribution in [3.63, 3.8) is 0 Å². The molecule has 300 valence electrons. The highest BCUT2D eigenvalue weighted by molar-refractivity contribution is 7.22. The fourth-order valence-corrected chi connectivity index (χ4v) is 10.4. The second-order valence-electron chi connectivity index (χ2n) is 15.5. The summed E-state index contributed by atoms with van der Waals surface area (Å²) in [6.07, 6.45) is 7.98. The molecule has 0 bridgehead atoms. The lowest BCUT2D eigenvalue weighted by molar-refractivity contribution is -0.144. The monoisotopic (exact) mass is 817 g/mol. The van der Waals surface area contributed by atoms with Crippen LogP contribution >= 0.6 is 22.7 Å². The number of piperidine rings is 1. The van der Waals surface area contributed by atoms with E-state index in [4.69, 9.17) is 14.5 Å². The van der Waals surface area contributed by atoms with Crippen molar-refractivity contribution in [2.24, 2.45) is 11.3 Å². The molecule has 1 saturated carbocycles. The second-order valence-corrected chi connectivity index (χ2v) is 17.6. The van der Waals surface area contributed by atoms with Crippen LogP contribution in [0.15, 0.2) is 66.7 Å². The average Bonchev–Trinajstić information content (AvgIpc) is 3.87. The lowest BCUT2D eigenvalue weighted by Crippen LogP contribution is -2.42. The van der Waals surface area contributed by atoms with Crippen LogP contribution in [-0.2, 0) is 28.9 Å². The quantitative estimate of drug-likeness (QED) is 0.0766. The predicted molar refractivity (Wildman–Crippen MR) is 227 cm³/mol. The molecule has 1 amide bonds. The summed E-state index contributed by atoms with van der Waals surface area (Å²) in [6, 6.07) is 21.5. The van der Waals surface area contributed by atoms with Crippen molar-refractivity contribution in [3.8, 4) is 17.6 Å². The van der Waals surface area contributed by atoms with Gasteiger partial charge in [-0.3, -0.25) is 19.8 Å². The summed E-state index contributed by atoms with van der Waals surface area (Å²) in [4.78, 5) is 52.5. The largest absolute Gasteiger partial charge is 0.494 e. The van der Waals surface area contributed by atoms with Gasteiger partial charge in [0.1, 0.15) is 5.75 Å². The maximum absolute atomic E-state index is 13.5. The fourth-order valence-electron chi connectivity index (χ4n) is 8.42. The van der Waals surface area contributed by atoms with E-state index in [9.17, 15) is 19.5 Å². The molecule has 2 aromatic heterocycles. The van der Waals surface area contributed by atoms with Gasteiger partial charge in [-0.05, 0) is 130 Å². The number of anilines is 2. The first-order chi connectivity index (χ1) is 28.3. The fraction of sp³-hybridized carbons (Fsp3) is 0.400. The normalized spacial score (nSPS) is 16.7. The number of thiazole rings is 2. The molecule has 13 heteroatoms. The van der Waals surface area contributed by atoms with E-state index < -0.39 is 11.9 Å². The van der Waals surface area contributed by atoms with Crippen molar-refractivity contribution in [2.75, 3.05) is 50.1 Å². The predicted octanol–water partition coefficient (Wildman–Crippen LogP) is 8.07. The number of carboxylic acids is 1. The lowest BCUT2D eigenvalue weighted by Gasteiger charge is -2.45. The Morgan fingerprint density at radius 2 is 1.74 bits per heavy atom. The number of hydrogen-bond acceptors (Lipinski definition) is 11. The van der Waals surface area contributed by atoms with Crippen LogP contribution in [0.4, 0.5) is 10.3 Å². The van der Waals surface area contributed by atoms with Gasteiger partial charge < -0.3 is 19.5 Å². The molecule has 3 aliphatic rings. The number of carbonyl (C=O) groups is 3. The number of nitrogens with zero attached hydrogens (tertiary/aromatic N) is 4. The number of aryl methyl sites for hydroxylation is 1. The summed E-state index contributed by atoms with van der Waals surface area (Å²) >= 11 is 2.94. The van der Waals surface area contributed by atoms with Crippen LogP contribution in [0.2, 0.25) is 0 Å². The first-order valence-corrected chi connectivity index (χ1v) is 21.7. The number of carboxylic acid groups (broad SMARTS) is 1. The zero-order valence-electron chi connectivity index (χ0n) is 32.6. The molecule has 11 nitrogen and oxygen atoms in total. The van der Waals surface area contributed by atoms with Crippen molar-refractivity contribution < 1.29 is 29.0 Å². The number of benzene rings is 3. The van der Waals surface area contributed by atoms with Gasteiger partial charge in [0, 0.05) is 29.1 Å². The van der Waals surface area contributed by atoms with Gasteiger partial charge in [0.15, 0.2) is 16.0 Å². The van der Waals surface area contributed by atoms with Gasteiger partial charge in [0.25, 0.3) is 5.91 Å².